The molecule has 1 aliphatic heterocycles. The van der Waals surface area contributed by atoms with Crippen molar-refractivity contribution in [3.05, 3.63) is 11.6 Å². The third-order valence-electron chi connectivity index (χ3n) is 4.45. The minimum Gasteiger partial charge on any atom is -0.394 e. The fraction of sp³-hybridized carbons (Fsp3) is 0.875. The molecule has 1 rings (SSSR count). The smallest absolute Gasteiger partial charge is 0.184 e. The van der Waals surface area contributed by atoms with E-state index in [0.29, 0.717) is 18.4 Å². The lowest BCUT2D eigenvalue weighted by atomic mass is 9.80. The first kappa shape index (κ1) is 21.5. The summed E-state index contributed by atoms with van der Waals surface area (Å²) in [5.41, 5.74) is -2.54. The lowest BCUT2D eigenvalue weighted by molar-refractivity contribution is -0.320. The van der Waals surface area contributed by atoms with E-state index in [-0.39, 0.29) is 6.42 Å². The van der Waals surface area contributed by atoms with Gasteiger partial charge < -0.3 is 40.5 Å². The van der Waals surface area contributed by atoms with Crippen molar-refractivity contribution >= 4 is 0 Å². The lowest BCUT2D eigenvalue weighted by Crippen LogP contribution is -2.66. The van der Waals surface area contributed by atoms with Gasteiger partial charge in [-0.1, -0.05) is 6.08 Å². The quantitative estimate of drug-likeness (QED) is 0.271. The molecule has 0 aromatic carbocycles. The zero-order valence-corrected chi connectivity index (χ0v) is 14.3. The fourth-order valence-corrected chi connectivity index (χ4v) is 2.63. The van der Waals surface area contributed by atoms with Crippen molar-refractivity contribution in [2.45, 2.75) is 81.9 Å². The molecule has 0 radical (unpaired) electrons. The average molecular weight is 350 g/mol. The molecular formula is C16H30O8. The van der Waals surface area contributed by atoms with Crippen molar-refractivity contribution in [2.75, 3.05) is 6.61 Å². The van der Waals surface area contributed by atoms with E-state index in [4.69, 9.17) is 9.84 Å². The summed E-state index contributed by atoms with van der Waals surface area (Å²) in [7, 11) is 0. The van der Waals surface area contributed by atoms with Crippen LogP contribution in [0.25, 0.3) is 0 Å². The Labute approximate surface area is 141 Å². The predicted molar refractivity (Wildman–Crippen MR) is 84.8 cm³/mol. The Morgan fingerprint density at radius 3 is 2.33 bits per heavy atom. The van der Waals surface area contributed by atoms with E-state index >= 15 is 0 Å². The molecule has 0 spiro atoms. The Hall–Kier alpha value is -0.580. The first-order chi connectivity index (χ1) is 10.9. The van der Waals surface area contributed by atoms with Crippen LogP contribution in [-0.4, -0.2) is 84.3 Å². The standard InChI is InChI=1S/C16H30O8/c1-9(10(18)5-6-15(2,3)22)4-7-16(23)12(19)11(8-17)24-14(21)13(16)20/h4,10-14,17-23H,5-8H2,1-3H3/t10-,11-,12-,13+,14-,16+/m1/s1. The van der Waals surface area contributed by atoms with E-state index in [1.807, 2.05) is 0 Å². The first-order valence-corrected chi connectivity index (χ1v) is 8.02. The van der Waals surface area contributed by atoms with E-state index in [1.54, 1.807) is 20.8 Å². The molecule has 0 saturated carbocycles. The number of aliphatic hydroxyl groups excluding tert-OH is 5. The van der Waals surface area contributed by atoms with Crippen LogP contribution in [0, 0.1) is 0 Å². The Kier molecular flexibility index (Phi) is 7.33. The molecule has 0 aromatic heterocycles. The molecule has 1 aliphatic rings. The Bertz CT molecular complexity index is 432. The molecule has 142 valence electrons. The van der Waals surface area contributed by atoms with Gasteiger partial charge in [0.25, 0.3) is 0 Å². The largest absolute Gasteiger partial charge is 0.394 e. The van der Waals surface area contributed by atoms with Crippen molar-refractivity contribution < 1.29 is 40.5 Å². The molecule has 0 aromatic rings. The average Bonchev–Trinajstić information content (AvgIpc) is 2.51. The molecule has 24 heavy (non-hydrogen) atoms. The molecule has 8 heteroatoms. The van der Waals surface area contributed by atoms with E-state index in [0.717, 1.165) is 0 Å². The Morgan fingerprint density at radius 2 is 1.83 bits per heavy atom. The molecule has 6 atom stereocenters. The van der Waals surface area contributed by atoms with Gasteiger partial charge in [0.1, 0.15) is 23.9 Å². The van der Waals surface area contributed by atoms with Gasteiger partial charge in [0.2, 0.25) is 0 Å². The van der Waals surface area contributed by atoms with Gasteiger partial charge in [-0.05, 0) is 45.6 Å². The maximum atomic E-state index is 10.6. The minimum absolute atomic E-state index is 0.252. The molecule has 1 saturated heterocycles. The van der Waals surface area contributed by atoms with Crippen molar-refractivity contribution in [1.82, 2.24) is 0 Å². The number of hydrogen-bond donors (Lipinski definition) is 7. The SMILES string of the molecule is CC(=CC[C@]1(O)[C@H](O)[C@@H](CO)O[C@@H](O)[C@@H]1O)[C@H](O)CCC(C)(C)O. The van der Waals surface area contributed by atoms with Crippen LogP contribution in [-0.2, 0) is 4.74 Å². The third kappa shape index (κ3) is 5.21. The van der Waals surface area contributed by atoms with Crippen molar-refractivity contribution in [1.29, 1.82) is 0 Å². The topological polar surface area (TPSA) is 151 Å². The second kappa shape index (κ2) is 8.20. The summed E-state index contributed by atoms with van der Waals surface area (Å²) in [5.74, 6) is 0. The van der Waals surface area contributed by atoms with Crippen LogP contribution in [0.5, 0.6) is 0 Å². The van der Waals surface area contributed by atoms with Gasteiger partial charge >= 0.3 is 0 Å². The van der Waals surface area contributed by atoms with Gasteiger partial charge in [-0.15, -0.1) is 0 Å². The van der Waals surface area contributed by atoms with Crippen molar-refractivity contribution in [2.24, 2.45) is 0 Å². The third-order valence-corrected chi connectivity index (χ3v) is 4.45. The van der Waals surface area contributed by atoms with Crippen LogP contribution in [0.2, 0.25) is 0 Å². The van der Waals surface area contributed by atoms with Gasteiger partial charge in [-0.3, -0.25) is 0 Å². The van der Waals surface area contributed by atoms with Gasteiger partial charge in [-0.25, -0.2) is 0 Å². The van der Waals surface area contributed by atoms with Crippen molar-refractivity contribution in [3.63, 3.8) is 0 Å². The summed E-state index contributed by atoms with van der Waals surface area (Å²) in [6, 6.07) is 0. The van der Waals surface area contributed by atoms with Crippen LogP contribution < -0.4 is 0 Å². The lowest BCUT2D eigenvalue weighted by Gasteiger charge is -2.46. The zero-order valence-electron chi connectivity index (χ0n) is 14.3. The second-order valence-electron chi connectivity index (χ2n) is 7.15. The molecule has 1 fully saturated rings. The highest BCUT2D eigenvalue weighted by molar-refractivity contribution is 5.11. The summed E-state index contributed by atoms with van der Waals surface area (Å²) < 4.78 is 4.83. The maximum absolute atomic E-state index is 10.6. The predicted octanol–water partition coefficient (Wildman–Crippen LogP) is -1.60. The molecule has 1 heterocycles. The highest BCUT2D eigenvalue weighted by atomic mass is 16.6. The molecule has 0 aliphatic carbocycles. The van der Waals surface area contributed by atoms with Gasteiger partial charge in [0, 0.05) is 0 Å². The summed E-state index contributed by atoms with van der Waals surface area (Å²) in [5, 5.41) is 69.1. The van der Waals surface area contributed by atoms with E-state index < -0.39 is 48.5 Å². The number of aliphatic hydroxyl groups is 7. The van der Waals surface area contributed by atoms with E-state index in [1.165, 1.54) is 6.08 Å². The Morgan fingerprint density at radius 1 is 1.25 bits per heavy atom. The van der Waals surface area contributed by atoms with Crippen LogP contribution >= 0.6 is 0 Å². The summed E-state index contributed by atoms with van der Waals surface area (Å²) in [4.78, 5) is 0. The molecular weight excluding hydrogens is 320 g/mol. The molecule has 8 nitrogen and oxygen atoms in total. The monoisotopic (exact) mass is 350 g/mol. The van der Waals surface area contributed by atoms with Crippen LogP contribution in [0.15, 0.2) is 11.6 Å². The van der Waals surface area contributed by atoms with E-state index in [2.05, 4.69) is 0 Å². The van der Waals surface area contributed by atoms with Gasteiger partial charge in [0.05, 0.1) is 18.3 Å². The molecule has 0 bridgehead atoms. The second-order valence-corrected chi connectivity index (χ2v) is 7.15. The van der Waals surface area contributed by atoms with Gasteiger partial charge in [0.15, 0.2) is 6.29 Å². The summed E-state index contributed by atoms with van der Waals surface area (Å²) in [6.07, 6.45) is -5.34. The molecule has 0 amide bonds. The summed E-state index contributed by atoms with van der Waals surface area (Å²) >= 11 is 0. The van der Waals surface area contributed by atoms with Gasteiger partial charge in [-0.2, -0.15) is 0 Å². The number of ether oxygens (including phenoxy) is 1. The number of hydrogen-bond acceptors (Lipinski definition) is 8. The highest BCUT2D eigenvalue weighted by Gasteiger charge is 2.53. The van der Waals surface area contributed by atoms with E-state index in [9.17, 15) is 30.6 Å². The van der Waals surface area contributed by atoms with Crippen molar-refractivity contribution in [3.8, 4) is 0 Å². The molecule has 7 N–H and O–H groups in total. The normalized spacial score (nSPS) is 36.7. The zero-order chi connectivity index (χ0) is 18.7. The highest BCUT2D eigenvalue weighted by Crippen LogP contribution is 2.33. The minimum atomic E-state index is -2.12. The maximum Gasteiger partial charge on any atom is 0.184 e. The Balaban J connectivity index is 2.80. The van der Waals surface area contributed by atoms with Crippen LogP contribution in [0.1, 0.15) is 40.0 Å². The van der Waals surface area contributed by atoms with Crippen LogP contribution in [0.3, 0.4) is 0 Å². The summed E-state index contributed by atoms with van der Waals surface area (Å²) in [6.45, 7) is 4.25. The number of rotatable bonds is 7. The van der Waals surface area contributed by atoms with Crippen LogP contribution in [0.4, 0.5) is 0 Å². The molecule has 0 unspecified atom stereocenters. The fourth-order valence-electron chi connectivity index (χ4n) is 2.63. The first-order valence-electron chi connectivity index (χ1n) is 8.02.